The van der Waals surface area contributed by atoms with E-state index in [1.165, 1.54) is 0 Å². The van der Waals surface area contributed by atoms with Crippen molar-refractivity contribution in [3.05, 3.63) is 42.6 Å². The first-order valence-corrected chi connectivity index (χ1v) is 7.66. The summed E-state index contributed by atoms with van der Waals surface area (Å²) in [5, 5.41) is 3.22. The van der Waals surface area contributed by atoms with Crippen LogP contribution >= 0.6 is 0 Å². The Labute approximate surface area is 130 Å². The Morgan fingerprint density at radius 2 is 2.18 bits per heavy atom. The number of amides is 1. The smallest absolute Gasteiger partial charge is 0.254 e. The molecule has 2 aromatic heterocycles. The van der Waals surface area contributed by atoms with E-state index in [9.17, 15) is 4.79 Å². The number of nitrogens with zero attached hydrogens (tertiary/aromatic N) is 4. The molecule has 0 aliphatic carbocycles. The average Bonchev–Trinajstić information content (AvgIpc) is 3.10. The Morgan fingerprint density at radius 3 is 2.86 bits per heavy atom. The zero-order valence-electron chi connectivity index (χ0n) is 12.8. The van der Waals surface area contributed by atoms with Gasteiger partial charge in [-0.1, -0.05) is 0 Å². The molecule has 1 fully saturated rings. The number of piperidine rings is 1. The monoisotopic (exact) mass is 299 g/mol. The van der Waals surface area contributed by atoms with Gasteiger partial charge in [-0.3, -0.25) is 9.36 Å². The second-order valence-corrected chi connectivity index (χ2v) is 5.67. The van der Waals surface area contributed by atoms with Gasteiger partial charge in [-0.05, 0) is 44.5 Å². The van der Waals surface area contributed by atoms with Gasteiger partial charge < -0.3 is 10.2 Å². The number of hydrogen-bond donors (Lipinski definition) is 1. The van der Waals surface area contributed by atoms with Crippen molar-refractivity contribution in [2.45, 2.75) is 12.8 Å². The molecule has 0 bridgehead atoms. The molecule has 0 atom stereocenters. The predicted octanol–water partition coefficient (Wildman–Crippen LogP) is 1.34. The third-order valence-corrected chi connectivity index (χ3v) is 4.16. The van der Waals surface area contributed by atoms with E-state index in [0.717, 1.165) is 32.5 Å². The highest BCUT2D eigenvalue weighted by atomic mass is 16.2. The molecule has 1 amide bonds. The van der Waals surface area contributed by atoms with E-state index >= 15 is 0 Å². The van der Waals surface area contributed by atoms with Crippen LogP contribution in [0.15, 0.2) is 37.1 Å². The lowest BCUT2D eigenvalue weighted by Crippen LogP contribution is -2.40. The molecular weight excluding hydrogens is 278 g/mol. The fraction of sp³-hybridized carbons (Fsp3) is 0.438. The van der Waals surface area contributed by atoms with E-state index in [1.54, 1.807) is 29.4 Å². The summed E-state index contributed by atoms with van der Waals surface area (Å²) < 4.78 is 1.80. The normalized spacial score (nSPS) is 16.0. The van der Waals surface area contributed by atoms with Crippen molar-refractivity contribution in [2.24, 2.45) is 5.92 Å². The highest BCUT2D eigenvalue weighted by molar-refractivity contribution is 5.94. The number of aromatic nitrogens is 3. The number of pyridine rings is 1. The number of imidazole rings is 1. The fourth-order valence-corrected chi connectivity index (χ4v) is 2.90. The molecule has 3 rings (SSSR count). The summed E-state index contributed by atoms with van der Waals surface area (Å²) in [4.78, 5) is 22.9. The third kappa shape index (κ3) is 3.17. The quantitative estimate of drug-likeness (QED) is 0.925. The molecule has 1 N–H and O–H groups in total. The highest BCUT2D eigenvalue weighted by Crippen LogP contribution is 2.19. The molecule has 3 heterocycles. The van der Waals surface area contributed by atoms with Gasteiger partial charge in [0.15, 0.2) is 0 Å². The van der Waals surface area contributed by atoms with Gasteiger partial charge in [-0.2, -0.15) is 0 Å². The number of hydrogen-bond acceptors (Lipinski definition) is 4. The number of carbonyl (C=O) groups is 1. The maximum absolute atomic E-state index is 12.6. The number of nitrogens with one attached hydrogen (secondary N) is 1. The zero-order valence-corrected chi connectivity index (χ0v) is 12.8. The van der Waals surface area contributed by atoms with Gasteiger partial charge in [0.1, 0.15) is 12.1 Å². The molecule has 0 spiro atoms. The number of rotatable bonds is 4. The summed E-state index contributed by atoms with van der Waals surface area (Å²) in [6, 6.07) is 3.60. The van der Waals surface area contributed by atoms with E-state index in [0.29, 0.717) is 17.3 Å². The summed E-state index contributed by atoms with van der Waals surface area (Å²) in [6.07, 6.45) is 9.00. The van der Waals surface area contributed by atoms with Gasteiger partial charge in [0.2, 0.25) is 0 Å². The Morgan fingerprint density at radius 1 is 1.36 bits per heavy atom. The van der Waals surface area contributed by atoms with Crippen LogP contribution < -0.4 is 5.32 Å². The van der Waals surface area contributed by atoms with Crippen LogP contribution in [0.5, 0.6) is 0 Å². The van der Waals surface area contributed by atoms with Crippen molar-refractivity contribution in [2.75, 3.05) is 26.7 Å². The Kier molecular flexibility index (Phi) is 4.48. The topological polar surface area (TPSA) is 63.1 Å². The van der Waals surface area contributed by atoms with Crippen molar-refractivity contribution in [3.8, 4) is 5.82 Å². The molecule has 0 saturated carbocycles. The van der Waals surface area contributed by atoms with Crippen molar-refractivity contribution in [1.29, 1.82) is 0 Å². The zero-order chi connectivity index (χ0) is 15.4. The summed E-state index contributed by atoms with van der Waals surface area (Å²) in [6.45, 7) is 2.68. The summed E-state index contributed by atoms with van der Waals surface area (Å²) in [7, 11) is 1.98. The van der Waals surface area contributed by atoms with Gasteiger partial charge in [0.05, 0.1) is 0 Å². The molecule has 0 radical (unpaired) electrons. The standard InChI is InChI=1S/C16H21N5O/c1-17-11-13-3-7-20(8-4-13)16(22)14-2-5-19-15(10-14)21-9-6-18-12-21/h2,5-6,9-10,12-13,17H,3-4,7-8,11H2,1H3. The Bertz CT molecular complexity index is 617. The lowest BCUT2D eigenvalue weighted by atomic mass is 9.96. The van der Waals surface area contributed by atoms with Crippen molar-refractivity contribution in [1.82, 2.24) is 24.8 Å². The first kappa shape index (κ1) is 14.7. The van der Waals surface area contributed by atoms with Crippen LogP contribution in [0.1, 0.15) is 23.2 Å². The van der Waals surface area contributed by atoms with E-state index in [2.05, 4.69) is 15.3 Å². The van der Waals surface area contributed by atoms with Gasteiger partial charge in [0, 0.05) is 37.2 Å². The van der Waals surface area contributed by atoms with E-state index in [1.807, 2.05) is 24.2 Å². The lowest BCUT2D eigenvalue weighted by Gasteiger charge is -2.32. The fourth-order valence-electron chi connectivity index (χ4n) is 2.90. The maximum atomic E-state index is 12.6. The van der Waals surface area contributed by atoms with Crippen LogP contribution in [0, 0.1) is 5.92 Å². The molecule has 6 heteroatoms. The molecule has 6 nitrogen and oxygen atoms in total. The van der Waals surface area contributed by atoms with Crippen LogP contribution in [-0.2, 0) is 0 Å². The van der Waals surface area contributed by atoms with Gasteiger partial charge in [0.25, 0.3) is 5.91 Å². The lowest BCUT2D eigenvalue weighted by molar-refractivity contribution is 0.0691. The van der Waals surface area contributed by atoms with Gasteiger partial charge in [-0.15, -0.1) is 0 Å². The first-order chi connectivity index (χ1) is 10.8. The molecule has 1 aliphatic rings. The average molecular weight is 299 g/mol. The minimum Gasteiger partial charge on any atom is -0.339 e. The first-order valence-electron chi connectivity index (χ1n) is 7.66. The van der Waals surface area contributed by atoms with E-state index < -0.39 is 0 Å². The minimum atomic E-state index is 0.0895. The van der Waals surface area contributed by atoms with Crippen LogP contribution in [0.25, 0.3) is 5.82 Å². The van der Waals surface area contributed by atoms with Crippen molar-refractivity contribution < 1.29 is 4.79 Å². The Hall–Kier alpha value is -2.21. The Balaban J connectivity index is 1.69. The number of carbonyl (C=O) groups excluding carboxylic acids is 1. The van der Waals surface area contributed by atoms with Gasteiger partial charge in [-0.25, -0.2) is 9.97 Å². The molecule has 0 unspecified atom stereocenters. The van der Waals surface area contributed by atoms with Crippen molar-refractivity contribution >= 4 is 5.91 Å². The highest BCUT2D eigenvalue weighted by Gasteiger charge is 2.23. The maximum Gasteiger partial charge on any atom is 0.254 e. The third-order valence-electron chi connectivity index (χ3n) is 4.16. The SMILES string of the molecule is CNCC1CCN(C(=O)c2ccnc(-n3ccnc3)c2)CC1. The molecular formula is C16H21N5O. The minimum absolute atomic E-state index is 0.0895. The van der Waals surface area contributed by atoms with E-state index in [4.69, 9.17) is 0 Å². The van der Waals surface area contributed by atoms with Crippen molar-refractivity contribution in [3.63, 3.8) is 0 Å². The van der Waals surface area contributed by atoms with E-state index in [-0.39, 0.29) is 5.91 Å². The summed E-state index contributed by atoms with van der Waals surface area (Å²) in [5.74, 6) is 1.48. The van der Waals surface area contributed by atoms with Crippen LogP contribution in [0.4, 0.5) is 0 Å². The molecule has 1 saturated heterocycles. The van der Waals surface area contributed by atoms with Gasteiger partial charge >= 0.3 is 0 Å². The summed E-state index contributed by atoms with van der Waals surface area (Å²) >= 11 is 0. The predicted molar refractivity (Wildman–Crippen MR) is 83.9 cm³/mol. The molecule has 0 aromatic carbocycles. The van der Waals surface area contributed by atoms with Crippen LogP contribution in [-0.4, -0.2) is 52.0 Å². The van der Waals surface area contributed by atoms with Crippen LogP contribution in [0.3, 0.4) is 0 Å². The second kappa shape index (κ2) is 6.70. The number of likely N-dealkylation sites (tertiary alicyclic amines) is 1. The molecule has 22 heavy (non-hydrogen) atoms. The van der Waals surface area contributed by atoms with Crippen LogP contribution in [0.2, 0.25) is 0 Å². The largest absolute Gasteiger partial charge is 0.339 e. The summed E-state index contributed by atoms with van der Waals surface area (Å²) in [5.41, 5.74) is 0.686. The molecule has 116 valence electrons. The second-order valence-electron chi connectivity index (χ2n) is 5.67. The molecule has 1 aliphatic heterocycles. The molecule has 2 aromatic rings.